The largest absolute Gasteiger partial charge is 0.374 e. The summed E-state index contributed by atoms with van der Waals surface area (Å²) in [6.07, 6.45) is 10.1. The Labute approximate surface area is 210 Å². The number of hydrogen-bond acceptors (Lipinski definition) is 3. The maximum Gasteiger partial charge on any atom is 0.123 e. The molecule has 3 aliphatic heterocycles. The molecule has 2 aromatic carbocycles. The molecule has 1 atom stereocenters. The zero-order chi connectivity index (χ0) is 24.4. The summed E-state index contributed by atoms with van der Waals surface area (Å²) in [6, 6.07) is 10.2. The van der Waals surface area contributed by atoms with Crippen LogP contribution in [0, 0.1) is 11.7 Å². The number of likely N-dealkylation sites (tertiary alicyclic amines) is 1. The first-order valence-corrected chi connectivity index (χ1v) is 13.6. The van der Waals surface area contributed by atoms with E-state index in [4.69, 9.17) is 4.99 Å². The highest BCUT2D eigenvalue weighted by molar-refractivity contribution is 6.05. The van der Waals surface area contributed by atoms with Crippen LogP contribution in [-0.4, -0.2) is 43.8 Å². The fraction of sp³-hybridized carbons (Fsp3) is 0.516. The van der Waals surface area contributed by atoms with Gasteiger partial charge in [0.05, 0.1) is 6.54 Å². The molecule has 4 heteroatoms. The quantitative estimate of drug-likeness (QED) is 0.406. The first-order valence-electron chi connectivity index (χ1n) is 13.6. The van der Waals surface area contributed by atoms with Crippen molar-refractivity contribution in [2.75, 3.05) is 38.1 Å². The predicted molar refractivity (Wildman–Crippen MR) is 145 cm³/mol. The summed E-state index contributed by atoms with van der Waals surface area (Å²) in [5.41, 5.74) is 9.50. The third-order valence-electron chi connectivity index (χ3n) is 8.41. The molecule has 1 unspecified atom stereocenters. The highest BCUT2D eigenvalue weighted by Crippen LogP contribution is 2.35. The van der Waals surface area contributed by atoms with Gasteiger partial charge in [-0.1, -0.05) is 25.1 Å². The summed E-state index contributed by atoms with van der Waals surface area (Å²) in [7, 11) is 2.25. The standard InChI is InChI=1S/C31H40FN3/c1-4-5-7-24-18-26(19-25-8-6-14-34(3)31(24)25)22(2)11-15-35-16-12-23(13-17-35)30-29-10-9-28(32)20-27(29)21-33-30/h4,9-10,18-20,22-23H,1,5-8,11-17,21H2,2-3H3. The van der Waals surface area contributed by atoms with E-state index in [1.165, 1.54) is 47.4 Å². The second kappa shape index (κ2) is 10.7. The Hall–Kier alpha value is -2.46. The first-order chi connectivity index (χ1) is 17.0. The van der Waals surface area contributed by atoms with Crippen molar-refractivity contribution in [1.29, 1.82) is 0 Å². The van der Waals surface area contributed by atoms with Crippen LogP contribution < -0.4 is 4.90 Å². The molecular weight excluding hydrogens is 433 g/mol. The topological polar surface area (TPSA) is 18.8 Å². The molecule has 0 spiro atoms. The van der Waals surface area contributed by atoms with E-state index in [0.29, 0.717) is 18.4 Å². The molecule has 0 amide bonds. The fourth-order valence-electron chi connectivity index (χ4n) is 6.34. The van der Waals surface area contributed by atoms with Crippen LogP contribution >= 0.6 is 0 Å². The molecular formula is C31H40FN3. The van der Waals surface area contributed by atoms with Gasteiger partial charge in [0.1, 0.15) is 5.82 Å². The molecule has 5 rings (SSSR count). The van der Waals surface area contributed by atoms with Crippen molar-refractivity contribution in [3.8, 4) is 0 Å². The van der Waals surface area contributed by atoms with Crippen molar-refractivity contribution in [3.63, 3.8) is 0 Å². The molecule has 0 radical (unpaired) electrons. The van der Waals surface area contributed by atoms with Crippen LogP contribution in [0.2, 0.25) is 0 Å². The number of fused-ring (bicyclic) bond motifs is 2. The predicted octanol–water partition coefficient (Wildman–Crippen LogP) is 6.54. The van der Waals surface area contributed by atoms with Gasteiger partial charge < -0.3 is 9.80 Å². The summed E-state index contributed by atoms with van der Waals surface area (Å²) in [4.78, 5) is 9.89. The molecule has 0 saturated carbocycles. The van der Waals surface area contributed by atoms with Gasteiger partial charge in [-0.05, 0) is 111 Å². The monoisotopic (exact) mass is 473 g/mol. The minimum Gasteiger partial charge on any atom is -0.374 e. The van der Waals surface area contributed by atoms with Crippen LogP contribution in [0.1, 0.15) is 72.8 Å². The lowest BCUT2D eigenvalue weighted by molar-refractivity contribution is 0.204. The summed E-state index contributed by atoms with van der Waals surface area (Å²) in [5.74, 6) is 0.928. The number of aryl methyl sites for hydroxylation is 2. The highest BCUT2D eigenvalue weighted by Gasteiger charge is 2.28. The van der Waals surface area contributed by atoms with E-state index in [9.17, 15) is 4.39 Å². The van der Waals surface area contributed by atoms with Crippen LogP contribution in [0.15, 0.2) is 48.0 Å². The van der Waals surface area contributed by atoms with Gasteiger partial charge in [-0.15, -0.1) is 6.58 Å². The lowest BCUT2D eigenvalue weighted by Gasteiger charge is -2.33. The molecule has 2 aromatic rings. The molecule has 0 aromatic heterocycles. The summed E-state index contributed by atoms with van der Waals surface area (Å²) < 4.78 is 13.6. The highest BCUT2D eigenvalue weighted by atomic mass is 19.1. The number of aliphatic imine (C=N–C) groups is 1. The number of rotatable bonds is 8. The fourth-order valence-corrected chi connectivity index (χ4v) is 6.34. The molecule has 1 saturated heterocycles. The average molecular weight is 474 g/mol. The molecule has 0 aliphatic carbocycles. The smallest absolute Gasteiger partial charge is 0.123 e. The van der Waals surface area contributed by atoms with E-state index in [1.54, 1.807) is 17.7 Å². The molecule has 186 valence electrons. The van der Waals surface area contributed by atoms with E-state index in [1.807, 2.05) is 12.1 Å². The Morgan fingerprint density at radius 2 is 1.97 bits per heavy atom. The minimum absolute atomic E-state index is 0.150. The van der Waals surface area contributed by atoms with Crippen molar-refractivity contribution < 1.29 is 4.39 Å². The van der Waals surface area contributed by atoms with E-state index in [-0.39, 0.29) is 5.82 Å². The van der Waals surface area contributed by atoms with Gasteiger partial charge in [-0.25, -0.2) is 4.39 Å². The maximum absolute atomic E-state index is 13.6. The minimum atomic E-state index is -0.150. The Morgan fingerprint density at radius 3 is 2.77 bits per heavy atom. The van der Waals surface area contributed by atoms with Gasteiger partial charge in [0.2, 0.25) is 0 Å². The van der Waals surface area contributed by atoms with Gasteiger partial charge in [0, 0.05) is 36.5 Å². The number of piperidine rings is 1. The van der Waals surface area contributed by atoms with Crippen LogP contribution in [0.25, 0.3) is 0 Å². The van der Waals surface area contributed by atoms with Crippen molar-refractivity contribution in [1.82, 2.24) is 4.90 Å². The SMILES string of the molecule is C=CCCc1cc(C(C)CCN2CCC(C3=NCc4cc(F)ccc43)CC2)cc2c1N(C)CCC2. The number of nitrogens with zero attached hydrogens (tertiary/aromatic N) is 3. The van der Waals surface area contributed by atoms with Crippen molar-refractivity contribution in [2.24, 2.45) is 10.9 Å². The average Bonchev–Trinajstić information content (AvgIpc) is 3.29. The number of halogens is 1. The van der Waals surface area contributed by atoms with Crippen LogP contribution in [0.5, 0.6) is 0 Å². The van der Waals surface area contributed by atoms with Crippen LogP contribution in [-0.2, 0) is 19.4 Å². The Bertz CT molecular complexity index is 1100. The molecule has 3 nitrogen and oxygen atoms in total. The normalized spacial score (nSPS) is 19.3. The maximum atomic E-state index is 13.6. The molecule has 0 N–H and O–H groups in total. The lowest BCUT2D eigenvalue weighted by Crippen LogP contribution is -2.37. The van der Waals surface area contributed by atoms with E-state index in [0.717, 1.165) is 57.4 Å². The Morgan fingerprint density at radius 1 is 1.14 bits per heavy atom. The first kappa shape index (κ1) is 24.2. The summed E-state index contributed by atoms with van der Waals surface area (Å²) >= 11 is 0. The van der Waals surface area contributed by atoms with Crippen LogP contribution in [0.4, 0.5) is 10.1 Å². The van der Waals surface area contributed by atoms with Crippen LogP contribution in [0.3, 0.4) is 0 Å². The summed E-state index contributed by atoms with van der Waals surface area (Å²) in [6.45, 7) is 11.6. The molecule has 1 fully saturated rings. The summed E-state index contributed by atoms with van der Waals surface area (Å²) in [5, 5.41) is 0. The zero-order valence-corrected chi connectivity index (χ0v) is 21.5. The van der Waals surface area contributed by atoms with Gasteiger partial charge in [0.15, 0.2) is 0 Å². The molecule has 3 aliphatic rings. The zero-order valence-electron chi connectivity index (χ0n) is 21.5. The molecule has 3 heterocycles. The van der Waals surface area contributed by atoms with Gasteiger partial charge in [-0.3, -0.25) is 4.99 Å². The number of benzene rings is 2. The second-order valence-corrected chi connectivity index (χ2v) is 10.8. The van der Waals surface area contributed by atoms with Gasteiger partial charge in [0.25, 0.3) is 0 Å². The lowest BCUT2D eigenvalue weighted by atomic mass is 9.86. The van der Waals surface area contributed by atoms with E-state index < -0.39 is 0 Å². The van der Waals surface area contributed by atoms with E-state index in [2.05, 4.69) is 42.5 Å². The van der Waals surface area contributed by atoms with Gasteiger partial charge in [-0.2, -0.15) is 0 Å². The second-order valence-electron chi connectivity index (χ2n) is 10.8. The molecule has 0 bridgehead atoms. The number of anilines is 1. The van der Waals surface area contributed by atoms with Crippen molar-refractivity contribution in [2.45, 2.75) is 64.3 Å². The van der Waals surface area contributed by atoms with Crippen molar-refractivity contribution >= 4 is 11.4 Å². The van der Waals surface area contributed by atoms with Crippen molar-refractivity contribution in [3.05, 3.63) is 76.6 Å². The number of allylic oxidation sites excluding steroid dienone is 1. The molecule has 35 heavy (non-hydrogen) atoms. The van der Waals surface area contributed by atoms with E-state index >= 15 is 0 Å². The van der Waals surface area contributed by atoms with Gasteiger partial charge >= 0.3 is 0 Å². The number of hydrogen-bond donors (Lipinski definition) is 0. The third kappa shape index (κ3) is 5.23. The third-order valence-corrected chi connectivity index (χ3v) is 8.41. The Kier molecular flexibility index (Phi) is 7.38. The Balaban J connectivity index is 1.18.